The van der Waals surface area contributed by atoms with Gasteiger partial charge in [-0.3, -0.25) is 9.88 Å². The van der Waals surface area contributed by atoms with E-state index in [4.69, 9.17) is 4.74 Å². The normalized spacial score (nSPS) is 14.3. The molecule has 2 aromatic carbocycles. The first kappa shape index (κ1) is 26.0. The van der Waals surface area contributed by atoms with Crippen molar-refractivity contribution in [2.45, 2.75) is 12.9 Å². The zero-order chi connectivity index (χ0) is 26.4. The standard InChI is InChI=1S/C27H26F3N3O4/c1-2-11-36-26(35)20-3-5-23(6-4-20)33-9-7-32(8-10-33)18-19-12-21(22-14-24(34)17-31-16-22)15-25(13-19)37-27(28,29)30/h2-6,12-17,34H,1,7-11,18H2. The Morgan fingerprint density at radius 1 is 1.03 bits per heavy atom. The minimum Gasteiger partial charge on any atom is -0.506 e. The molecule has 1 aliphatic rings. The molecule has 1 fully saturated rings. The van der Waals surface area contributed by atoms with E-state index < -0.39 is 12.3 Å². The molecular weight excluding hydrogens is 487 g/mol. The second-order valence-corrected chi connectivity index (χ2v) is 8.54. The molecule has 2 heterocycles. The van der Waals surface area contributed by atoms with E-state index in [9.17, 15) is 23.1 Å². The molecule has 0 aliphatic carbocycles. The smallest absolute Gasteiger partial charge is 0.506 e. The maximum absolute atomic E-state index is 12.9. The first-order chi connectivity index (χ1) is 17.7. The van der Waals surface area contributed by atoms with Crippen LogP contribution in [0.5, 0.6) is 11.5 Å². The molecule has 0 radical (unpaired) electrons. The highest BCUT2D eigenvalue weighted by Gasteiger charge is 2.31. The molecule has 1 aromatic heterocycles. The predicted molar refractivity (Wildman–Crippen MR) is 132 cm³/mol. The Balaban J connectivity index is 1.43. The van der Waals surface area contributed by atoms with Gasteiger partial charge in [-0.05, 0) is 59.7 Å². The third-order valence-corrected chi connectivity index (χ3v) is 5.84. The molecule has 10 heteroatoms. The van der Waals surface area contributed by atoms with Gasteiger partial charge in [-0.15, -0.1) is 13.2 Å². The van der Waals surface area contributed by atoms with Crippen molar-refractivity contribution in [3.8, 4) is 22.6 Å². The van der Waals surface area contributed by atoms with E-state index in [-0.39, 0.29) is 18.1 Å². The van der Waals surface area contributed by atoms with Crippen molar-refractivity contribution < 1.29 is 32.5 Å². The van der Waals surface area contributed by atoms with Crippen LogP contribution in [0.25, 0.3) is 11.1 Å². The van der Waals surface area contributed by atoms with Crippen LogP contribution in [0.4, 0.5) is 18.9 Å². The third kappa shape index (κ3) is 7.23. The predicted octanol–water partition coefficient (Wildman–Crippen LogP) is 5.02. The Hall–Kier alpha value is -4.05. The fraction of sp³-hybridized carbons (Fsp3) is 0.259. The molecule has 3 aromatic rings. The molecule has 0 spiro atoms. The van der Waals surface area contributed by atoms with Gasteiger partial charge in [0.05, 0.1) is 11.8 Å². The van der Waals surface area contributed by atoms with E-state index in [1.54, 1.807) is 18.2 Å². The molecule has 0 atom stereocenters. The fourth-order valence-electron chi connectivity index (χ4n) is 4.15. The van der Waals surface area contributed by atoms with Crippen LogP contribution in [0, 0.1) is 0 Å². The van der Waals surface area contributed by atoms with Gasteiger partial charge >= 0.3 is 12.3 Å². The molecule has 0 saturated carbocycles. The summed E-state index contributed by atoms with van der Waals surface area (Å²) < 4.78 is 48.1. The molecule has 194 valence electrons. The van der Waals surface area contributed by atoms with Gasteiger partial charge < -0.3 is 19.5 Å². The first-order valence-electron chi connectivity index (χ1n) is 11.6. The number of piperazine rings is 1. The number of anilines is 1. The van der Waals surface area contributed by atoms with Gasteiger partial charge in [0, 0.05) is 50.2 Å². The lowest BCUT2D eigenvalue weighted by Gasteiger charge is -2.36. The van der Waals surface area contributed by atoms with E-state index in [0.717, 1.165) is 5.69 Å². The average molecular weight is 514 g/mol. The maximum Gasteiger partial charge on any atom is 0.573 e. The Kier molecular flexibility index (Phi) is 7.98. The molecule has 0 unspecified atom stereocenters. The van der Waals surface area contributed by atoms with E-state index in [0.29, 0.717) is 55.0 Å². The van der Waals surface area contributed by atoms with E-state index in [1.807, 2.05) is 12.1 Å². The number of benzene rings is 2. The number of pyridine rings is 1. The number of nitrogens with zero attached hydrogens (tertiary/aromatic N) is 3. The number of rotatable bonds is 8. The number of aromatic nitrogens is 1. The highest BCUT2D eigenvalue weighted by Crippen LogP contribution is 2.31. The van der Waals surface area contributed by atoms with Crippen LogP contribution in [0.15, 0.2) is 73.6 Å². The number of carbonyl (C=O) groups excluding carboxylic acids is 1. The molecule has 37 heavy (non-hydrogen) atoms. The van der Waals surface area contributed by atoms with Gasteiger partial charge in [0.15, 0.2) is 0 Å². The molecule has 1 saturated heterocycles. The number of aromatic hydroxyl groups is 1. The van der Waals surface area contributed by atoms with Crippen molar-refractivity contribution in [2.24, 2.45) is 0 Å². The number of hydrogen-bond donors (Lipinski definition) is 1. The first-order valence-corrected chi connectivity index (χ1v) is 11.6. The van der Waals surface area contributed by atoms with E-state index in [2.05, 4.69) is 26.1 Å². The van der Waals surface area contributed by atoms with Crippen molar-refractivity contribution in [1.29, 1.82) is 0 Å². The topological polar surface area (TPSA) is 75.1 Å². The number of carbonyl (C=O) groups is 1. The van der Waals surface area contributed by atoms with Crippen molar-refractivity contribution in [1.82, 2.24) is 9.88 Å². The van der Waals surface area contributed by atoms with Gasteiger partial charge in [-0.2, -0.15) is 0 Å². The number of esters is 1. The third-order valence-electron chi connectivity index (χ3n) is 5.84. The lowest BCUT2D eigenvalue weighted by atomic mass is 10.0. The largest absolute Gasteiger partial charge is 0.573 e. The Morgan fingerprint density at radius 3 is 2.41 bits per heavy atom. The molecule has 0 amide bonds. The second kappa shape index (κ2) is 11.3. The number of ether oxygens (including phenoxy) is 2. The van der Waals surface area contributed by atoms with Crippen molar-refractivity contribution in [3.63, 3.8) is 0 Å². The zero-order valence-electron chi connectivity index (χ0n) is 19.9. The van der Waals surface area contributed by atoms with Gasteiger partial charge in [-0.1, -0.05) is 12.7 Å². The summed E-state index contributed by atoms with van der Waals surface area (Å²) in [5, 5.41) is 9.74. The summed E-state index contributed by atoms with van der Waals surface area (Å²) in [5.74, 6) is -0.818. The zero-order valence-corrected chi connectivity index (χ0v) is 19.9. The molecular formula is C27H26F3N3O4. The van der Waals surface area contributed by atoms with Gasteiger partial charge in [0.2, 0.25) is 0 Å². The molecule has 1 N–H and O–H groups in total. The molecule has 1 aliphatic heterocycles. The molecule has 4 rings (SSSR count). The summed E-state index contributed by atoms with van der Waals surface area (Å²) in [6.07, 6.45) is -0.589. The Bertz CT molecular complexity index is 1240. The van der Waals surface area contributed by atoms with Crippen LogP contribution in [0.1, 0.15) is 15.9 Å². The van der Waals surface area contributed by atoms with Gasteiger partial charge in [-0.25, -0.2) is 4.79 Å². The Labute approximate surface area is 212 Å². The highest BCUT2D eigenvalue weighted by molar-refractivity contribution is 5.89. The number of hydrogen-bond acceptors (Lipinski definition) is 7. The summed E-state index contributed by atoms with van der Waals surface area (Å²) in [6.45, 7) is 6.91. The maximum atomic E-state index is 12.9. The van der Waals surface area contributed by atoms with Crippen molar-refractivity contribution in [2.75, 3.05) is 37.7 Å². The van der Waals surface area contributed by atoms with Gasteiger partial charge in [0.25, 0.3) is 0 Å². The van der Waals surface area contributed by atoms with Crippen LogP contribution in [-0.2, 0) is 11.3 Å². The summed E-state index contributed by atoms with van der Waals surface area (Å²) in [6, 6.07) is 13.0. The average Bonchev–Trinajstić information content (AvgIpc) is 2.87. The van der Waals surface area contributed by atoms with E-state index >= 15 is 0 Å². The summed E-state index contributed by atoms with van der Waals surface area (Å²) in [7, 11) is 0. The van der Waals surface area contributed by atoms with Crippen LogP contribution in [0.3, 0.4) is 0 Å². The van der Waals surface area contributed by atoms with Crippen LogP contribution in [0.2, 0.25) is 0 Å². The quantitative estimate of drug-likeness (QED) is 0.335. The summed E-state index contributed by atoms with van der Waals surface area (Å²) in [4.78, 5) is 20.2. The SMILES string of the molecule is C=CCOC(=O)c1ccc(N2CCN(Cc3cc(OC(F)(F)F)cc(-c4cncc(O)c4)c3)CC2)cc1. The van der Waals surface area contributed by atoms with Crippen LogP contribution in [-0.4, -0.2) is 60.1 Å². The second-order valence-electron chi connectivity index (χ2n) is 8.54. The highest BCUT2D eigenvalue weighted by atomic mass is 19.4. The van der Waals surface area contributed by atoms with E-state index in [1.165, 1.54) is 36.7 Å². The lowest BCUT2D eigenvalue weighted by Crippen LogP contribution is -2.46. The fourth-order valence-corrected chi connectivity index (χ4v) is 4.15. The summed E-state index contributed by atoms with van der Waals surface area (Å²) >= 11 is 0. The van der Waals surface area contributed by atoms with Gasteiger partial charge in [0.1, 0.15) is 18.1 Å². The number of alkyl halides is 3. The Morgan fingerprint density at radius 2 is 1.76 bits per heavy atom. The van der Waals surface area contributed by atoms with Crippen molar-refractivity contribution in [3.05, 3.63) is 84.7 Å². The monoisotopic (exact) mass is 513 g/mol. The van der Waals surface area contributed by atoms with Crippen LogP contribution < -0.4 is 9.64 Å². The van der Waals surface area contributed by atoms with Crippen LogP contribution >= 0.6 is 0 Å². The minimum absolute atomic E-state index is 0.0843. The lowest BCUT2D eigenvalue weighted by molar-refractivity contribution is -0.274. The molecule has 0 bridgehead atoms. The number of halogens is 3. The molecule has 7 nitrogen and oxygen atoms in total. The van der Waals surface area contributed by atoms with Crippen molar-refractivity contribution >= 4 is 11.7 Å². The summed E-state index contributed by atoms with van der Waals surface area (Å²) in [5.41, 5.74) is 3.03. The minimum atomic E-state index is -4.82.